The van der Waals surface area contributed by atoms with Gasteiger partial charge in [0.1, 0.15) is 5.82 Å². The SMILES string of the molecule is NC(=O)c1cccc(-c2ccc(CNCCC3CCCCC3)cc2F)c1. The van der Waals surface area contributed by atoms with Gasteiger partial charge in [-0.1, -0.05) is 56.4 Å². The van der Waals surface area contributed by atoms with E-state index in [0.717, 1.165) is 18.0 Å². The third kappa shape index (κ3) is 4.92. The second-order valence-corrected chi connectivity index (χ2v) is 7.23. The molecule has 0 saturated heterocycles. The van der Waals surface area contributed by atoms with Crippen molar-refractivity contribution in [2.24, 2.45) is 11.7 Å². The van der Waals surface area contributed by atoms with Crippen molar-refractivity contribution >= 4 is 5.91 Å². The largest absolute Gasteiger partial charge is 0.366 e. The number of rotatable bonds is 7. The van der Waals surface area contributed by atoms with Gasteiger partial charge in [-0.2, -0.15) is 0 Å². The van der Waals surface area contributed by atoms with E-state index >= 15 is 0 Å². The van der Waals surface area contributed by atoms with Crippen molar-refractivity contribution in [1.29, 1.82) is 0 Å². The topological polar surface area (TPSA) is 55.1 Å². The fraction of sp³-hybridized carbons (Fsp3) is 0.409. The third-order valence-electron chi connectivity index (χ3n) is 5.27. The smallest absolute Gasteiger partial charge is 0.248 e. The second kappa shape index (κ2) is 8.95. The van der Waals surface area contributed by atoms with Gasteiger partial charge >= 0.3 is 0 Å². The highest BCUT2D eigenvalue weighted by molar-refractivity contribution is 5.94. The molecule has 0 spiro atoms. The summed E-state index contributed by atoms with van der Waals surface area (Å²) in [6, 6.07) is 12.0. The number of carbonyl (C=O) groups is 1. The Bertz CT molecular complexity index is 754. The van der Waals surface area contributed by atoms with Gasteiger partial charge < -0.3 is 11.1 Å². The minimum atomic E-state index is -0.508. The van der Waals surface area contributed by atoms with Crippen LogP contribution in [0.25, 0.3) is 11.1 Å². The Morgan fingerprint density at radius 1 is 1.12 bits per heavy atom. The molecule has 0 radical (unpaired) electrons. The van der Waals surface area contributed by atoms with E-state index in [1.165, 1.54) is 38.5 Å². The molecule has 26 heavy (non-hydrogen) atoms. The summed E-state index contributed by atoms with van der Waals surface area (Å²) < 4.78 is 14.5. The highest BCUT2D eigenvalue weighted by Crippen LogP contribution is 2.26. The number of nitrogens with one attached hydrogen (secondary N) is 1. The molecule has 2 aromatic carbocycles. The molecule has 0 bridgehead atoms. The molecule has 1 fully saturated rings. The van der Waals surface area contributed by atoms with Crippen LogP contribution in [0.1, 0.15) is 54.4 Å². The molecule has 1 saturated carbocycles. The zero-order chi connectivity index (χ0) is 18.4. The standard InChI is InChI=1S/C22H27FN2O/c23-21-13-17(15-25-12-11-16-5-2-1-3-6-16)9-10-20(21)18-7-4-8-19(14-18)22(24)26/h4,7-10,13-14,16,25H,1-3,5-6,11-12,15H2,(H2,24,26). The van der Waals surface area contributed by atoms with Crippen molar-refractivity contribution in [3.05, 3.63) is 59.4 Å². The second-order valence-electron chi connectivity index (χ2n) is 7.23. The number of nitrogens with two attached hydrogens (primary N) is 1. The maximum atomic E-state index is 14.5. The molecule has 3 rings (SSSR count). The van der Waals surface area contributed by atoms with Crippen LogP contribution in [0, 0.1) is 11.7 Å². The van der Waals surface area contributed by atoms with E-state index in [0.29, 0.717) is 23.2 Å². The van der Waals surface area contributed by atoms with Crippen molar-refractivity contribution in [1.82, 2.24) is 5.32 Å². The molecule has 138 valence electrons. The average molecular weight is 354 g/mol. The van der Waals surface area contributed by atoms with Gasteiger partial charge in [0.25, 0.3) is 0 Å². The predicted molar refractivity (Wildman–Crippen MR) is 103 cm³/mol. The Balaban J connectivity index is 1.57. The molecular weight excluding hydrogens is 327 g/mol. The first-order chi connectivity index (χ1) is 12.6. The fourth-order valence-electron chi connectivity index (χ4n) is 3.76. The molecule has 0 atom stereocenters. The van der Waals surface area contributed by atoms with E-state index in [1.807, 2.05) is 6.07 Å². The van der Waals surface area contributed by atoms with Crippen LogP contribution in [0.3, 0.4) is 0 Å². The fourth-order valence-corrected chi connectivity index (χ4v) is 3.76. The Hall–Kier alpha value is -2.20. The van der Waals surface area contributed by atoms with Crippen LogP contribution in [0.2, 0.25) is 0 Å². The summed E-state index contributed by atoms with van der Waals surface area (Å²) in [6.45, 7) is 1.65. The first-order valence-electron chi connectivity index (χ1n) is 9.53. The molecule has 4 heteroatoms. The number of primary amides is 1. The lowest BCUT2D eigenvalue weighted by atomic mass is 9.87. The Kier molecular flexibility index (Phi) is 6.40. The molecule has 1 amide bonds. The van der Waals surface area contributed by atoms with Gasteiger partial charge in [0, 0.05) is 17.7 Å². The molecule has 0 unspecified atom stereocenters. The quantitative estimate of drug-likeness (QED) is 0.711. The number of amides is 1. The van der Waals surface area contributed by atoms with Crippen molar-refractivity contribution in [2.75, 3.05) is 6.54 Å². The molecular formula is C22H27FN2O. The average Bonchev–Trinajstić information content (AvgIpc) is 2.66. The lowest BCUT2D eigenvalue weighted by Crippen LogP contribution is -2.19. The molecule has 2 aromatic rings. The molecule has 1 aliphatic carbocycles. The van der Waals surface area contributed by atoms with Crippen molar-refractivity contribution in [3.63, 3.8) is 0 Å². The van der Waals surface area contributed by atoms with Crippen molar-refractivity contribution in [3.8, 4) is 11.1 Å². The number of carbonyl (C=O) groups excluding carboxylic acids is 1. The van der Waals surface area contributed by atoms with E-state index < -0.39 is 5.91 Å². The van der Waals surface area contributed by atoms with E-state index in [4.69, 9.17) is 5.73 Å². The van der Waals surface area contributed by atoms with Crippen LogP contribution >= 0.6 is 0 Å². The minimum absolute atomic E-state index is 0.279. The van der Waals surface area contributed by atoms with Crippen LogP contribution in [0.4, 0.5) is 4.39 Å². The van der Waals surface area contributed by atoms with Crippen LogP contribution in [0.5, 0.6) is 0 Å². The highest BCUT2D eigenvalue weighted by atomic mass is 19.1. The molecule has 3 N–H and O–H groups in total. The minimum Gasteiger partial charge on any atom is -0.366 e. The third-order valence-corrected chi connectivity index (χ3v) is 5.27. The van der Waals surface area contributed by atoms with Gasteiger partial charge in [-0.25, -0.2) is 4.39 Å². The van der Waals surface area contributed by atoms with Crippen LogP contribution in [-0.2, 0) is 6.54 Å². The molecule has 0 aliphatic heterocycles. The van der Waals surface area contributed by atoms with Gasteiger partial charge in [0.05, 0.1) is 0 Å². The van der Waals surface area contributed by atoms with Gasteiger partial charge in [-0.05, 0) is 48.2 Å². The van der Waals surface area contributed by atoms with E-state index in [2.05, 4.69) is 5.32 Å². The van der Waals surface area contributed by atoms with Crippen molar-refractivity contribution in [2.45, 2.75) is 45.1 Å². The Labute approximate surface area is 154 Å². The lowest BCUT2D eigenvalue weighted by molar-refractivity contribution is 0.100. The monoisotopic (exact) mass is 354 g/mol. The number of hydrogen-bond donors (Lipinski definition) is 2. The summed E-state index contributed by atoms with van der Waals surface area (Å²) in [7, 11) is 0. The maximum Gasteiger partial charge on any atom is 0.248 e. The van der Waals surface area contributed by atoms with Crippen LogP contribution in [0.15, 0.2) is 42.5 Å². The molecule has 3 nitrogen and oxygen atoms in total. The molecule has 0 aromatic heterocycles. The Morgan fingerprint density at radius 3 is 2.65 bits per heavy atom. The number of hydrogen-bond acceptors (Lipinski definition) is 2. The van der Waals surface area contributed by atoms with Gasteiger partial charge in [-0.15, -0.1) is 0 Å². The molecule has 1 aliphatic rings. The zero-order valence-electron chi connectivity index (χ0n) is 15.1. The van der Waals surface area contributed by atoms with Crippen LogP contribution < -0.4 is 11.1 Å². The predicted octanol–water partition coefficient (Wildman–Crippen LogP) is 4.65. The highest BCUT2D eigenvalue weighted by Gasteiger charge is 2.13. The van der Waals surface area contributed by atoms with Crippen molar-refractivity contribution < 1.29 is 9.18 Å². The summed E-state index contributed by atoms with van der Waals surface area (Å²) in [4.78, 5) is 11.3. The van der Waals surface area contributed by atoms with Gasteiger partial charge in [-0.3, -0.25) is 4.79 Å². The summed E-state index contributed by atoms with van der Waals surface area (Å²) in [5.74, 6) is 0.0668. The van der Waals surface area contributed by atoms with Gasteiger partial charge in [0.2, 0.25) is 5.91 Å². The maximum absolute atomic E-state index is 14.5. The number of benzene rings is 2. The Morgan fingerprint density at radius 2 is 1.92 bits per heavy atom. The lowest BCUT2D eigenvalue weighted by Gasteiger charge is -2.21. The number of halogens is 1. The first kappa shape index (κ1) is 18.6. The van der Waals surface area contributed by atoms with Crippen LogP contribution in [-0.4, -0.2) is 12.5 Å². The first-order valence-corrected chi connectivity index (χ1v) is 9.53. The van der Waals surface area contributed by atoms with E-state index in [1.54, 1.807) is 36.4 Å². The summed E-state index contributed by atoms with van der Waals surface area (Å²) in [6.07, 6.45) is 8.05. The zero-order valence-corrected chi connectivity index (χ0v) is 15.1. The van der Waals surface area contributed by atoms with Gasteiger partial charge in [0.15, 0.2) is 0 Å². The van der Waals surface area contributed by atoms with E-state index in [-0.39, 0.29) is 5.82 Å². The summed E-state index contributed by atoms with van der Waals surface area (Å²) in [5.41, 5.74) is 7.77. The normalized spacial score (nSPS) is 15.1. The summed E-state index contributed by atoms with van der Waals surface area (Å²) >= 11 is 0. The van der Waals surface area contributed by atoms with E-state index in [9.17, 15) is 9.18 Å². The molecule has 0 heterocycles. The summed E-state index contributed by atoms with van der Waals surface area (Å²) in [5, 5.41) is 3.43.